The number of anilines is 1. The van der Waals surface area contributed by atoms with Gasteiger partial charge in [-0.25, -0.2) is 4.98 Å². The van der Waals surface area contributed by atoms with Crippen molar-refractivity contribution >= 4 is 60.1 Å². The predicted octanol–water partition coefficient (Wildman–Crippen LogP) is 6.39. The molecule has 1 aliphatic heterocycles. The number of ketones is 1. The van der Waals surface area contributed by atoms with Crippen LogP contribution in [0.2, 0.25) is 0 Å². The Kier molecular flexibility index (Phi) is 6.17. The molecule has 0 saturated carbocycles. The topological polar surface area (TPSA) is 79.7 Å². The van der Waals surface area contributed by atoms with Gasteiger partial charge < -0.3 is 9.84 Å². The van der Waals surface area contributed by atoms with E-state index < -0.39 is 17.7 Å². The van der Waals surface area contributed by atoms with Gasteiger partial charge in [0.05, 0.1) is 28.4 Å². The highest BCUT2D eigenvalue weighted by molar-refractivity contribution is 9.10. The standard InChI is InChI=1S/C27H21BrN2O4S/c1-3-34-19-11-7-17(8-12-19)24(31)22-23(16-5-9-18(28)10-6-16)30(26(33)25(22)32)27-29-20-13-4-15(2)14-21(20)35-27/h4-14,23,31H,3H2,1-2H3/b24-22+. The Morgan fingerprint density at radius 3 is 2.49 bits per heavy atom. The van der Waals surface area contributed by atoms with Crippen molar-refractivity contribution in [2.75, 3.05) is 11.5 Å². The van der Waals surface area contributed by atoms with Crippen molar-refractivity contribution in [3.05, 3.63) is 93.5 Å². The minimum Gasteiger partial charge on any atom is -0.507 e. The smallest absolute Gasteiger partial charge is 0.301 e. The number of rotatable bonds is 5. The number of nitrogens with zero attached hydrogens (tertiary/aromatic N) is 2. The van der Waals surface area contributed by atoms with Gasteiger partial charge >= 0.3 is 5.91 Å². The third-order valence-electron chi connectivity index (χ3n) is 5.81. The number of aliphatic hydroxyl groups is 1. The van der Waals surface area contributed by atoms with Gasteiger partial charge in [-0.2, -0.15) is 0 Å². The van der Waals surface area contributed by atoms with Crippen molar-refractivity contribution < 1.29 is 19.4 Å². The molecule has 1 atom stereocenters. The Morgan fingerprint density at radius 1 is 1.09 bits per heavy atom. The lowest BCUT2D eigenvalue weighted by Crippen LogP contribution is -2.29. The van der Waals surface area contributed by atoms with Crippen LogP contribution in [-0.4, -0.2) is 28.4 Å². The molecule has 2 heterocycles. The molecular weight excluding hydrogens is 528 g/mol. The lowest BCUT2D eigenvalue weighted by Gasteiger charge is -2.23. The second kappa shape index (κ2) is 9.28. The van der Waals surface area contributed by atoms with Crippen LogP contribution in [0.5, 0.6) is 5.75 Å². The zero-order valence-electron chi connectivity index (χ0n) is 19.0. The third kappa shape index (κ3) is 4.24. The Balaban J connectivity index is 1.68. The van der Waals surface area contributed by atoms with Gasteiger partial charge in [0.2, 0.25) is 0 Å². The van der Waals surface area contributed by atoms with Crippen LogP contribution in [0.25, 0.3) is 16.0 Å². The highest BCUT2D eigenvalue weighted by Crippen LogP contribution is 2.44. The number of thiazole rings is 1. The lowest BCUT2D eigenvalue weighted by molar-refractivity contribution is -0.132. The summed E-state index contributed by atoms with van der Waals surface area (Å²) in [7, 11) is 0. The number of Topliss-reactive ketones (excluding diaryl/α,β-unsaturated/α-hetero) is 1. The van der Waals surface area contributed by atoms with E-state index in [9.17, 15) is 14.7 Å². The van der Waals surface area contributed by atoms with Crippen LogP contribution in [0.15, 0.2) is 76.8 Å². The molecule has 3 aromatic carbocycles. The van der Waals surface area contributed by atoms with Gasteiger partial charge in [0.1, 0.15) is 11.5 Å². The fourth-order valence-electron chi connectivity index (χ4n) is 4.14. The normalized spacial score (nSPS) is 17.3. The molecule has 6 nitrogen and oxygen atoms in total. The van der Waals surface area contributed by atoms with E-state index in [-0.39, 0.29) is 11.3 Å². The molecule has 4 aromatic rings. The molecule has 1 N–H and O–H groups in total. The summed E-state index contributed by atoms with van der Waals surface area (Å²) in [5.41, 5.74) is 2.97. The molecule has 1 unspecified atom stereocenters. The van der Waals surface area contributed by atoms with Crippen LogP contribution in [0.3, 0.4) is 0 Å². The number of aliphatic hydroxyl groups excluding tert-OH is 1. The predicted molar refractivity (Wildman–Crippen MR) is 141 cm³/mol. The number of carbonyl (C=O) groups is 2. The van der Waals surface area contributed by atoms with Crippen molar-refractivity contribution in [1.29, 1.82) is 0 Å². The first-order valence-corrected chi connectivity index (χ1v) is 12.6. The fourth-order valence-corrected chi connectivity index (χ4v) is 5.50. The number of aromatic nitrogens is 1. The van der Waals surface area contributed by atoms with Crippen molar-refractivity contribution in [2.24, 2.45) is 0 Å². The van der Waals surface area contributed by atoms with Gasteiger partial charge in [0.15, 0.2) is 5.13 Å². The molecule has 1 aromatic heterocycles. The van der Waals surface area contributed by atoms with E-state index in [1.54, 1.807) is 24.3 Å². The summed E-state index contributed by atoms with van der Waals surface area (Å²) in [5, 5.41) is 11.7. The highest BCUT2D eigenvalue weighted by Gasteiger charge is 2.48. The number of fused-ring (bicyclic) bond motifs is 1. The minimum atomic E-state index is -0.823. The zero-order chi connectivity index (χ0) is 24.7. The number of carbonyl (C=O) groups excluding carboxylic acids is 2. The minimum absolute atomic E-state index is 0.0249. The van der Waals surface area contributed by atoms with E-state index in [0.717, 1.165) is 20.3 Å². The van der Waals surface area contributed by atoms with Crippen LogP contribution in [0.4, 0.5) is 5.13 Å². The van der Waals surface area contributed by atoms with Gasteiger partial charge in [0, 0.05) is 10.0 Å². The maximum absolute atomic E-state index is 13.4. The van der Waals surface area contributed by atoms with Gasteiger partial charge in [-0.05, 0) is 73.5 Å². The molecule has 0 radical (unpaired) electrons. The second-order valence-corrected chi connectivity index (χ2v) is 10.1. The van der Waals surface area contributed by atoms with Crippen LogP contribution in [0.1, 0.15) is 29.7 Å². The van der Waals surface area contributed by atoms with E-state index in [2.05, 4.69) is 20.9 Å². The average molecular weight is 549 g/mol. The Hall–Kier alpha value is -3.49. The SMILES string of the molecule is CCOc1ccc(/C(O)=C2\C(=O)C(=O)N(c3nc4ccc(C)cc4s3)C2c2ccc(Br)cc2)cc1. The van der Waals surface area contributed by atoms with Crippen molar-refractivity contribution in [3.63, 3.8) is 0 Å². The number of ether oxygens (including phenoxy) is 1. The number of aryl methyl sites for hydroxylation is 1. The van der Waals surface area contributed by atoms with E-state index in [0.29, 0.717) is 28.6 Å². The summed E-state index contributed by atoms with van der Waals surface area (Å²) in [4.78, 5) is 32.7. The third-order valence-corrected chi connectivity index (χ3v) is 7.35. The molecule has 0 aliphatic carbocycles. The Bertz CT molecular complexity index is 1480. The van der Waals surface area contributed by atoms with Crippen LogP contribution < -0.4 is 9.64 Å². The molecule has 8 heteroatoms. The monoisotopic (exact) mass is 548 g/mol. The maximum Gasteiger partial charge on any atom is 0.301 e. The molecule has 0 bridgehead atoms. The van der Waals surface area contributed by atoms with Crippen LogP contribution in [-0.2, 0) is 9.59 Å². The fraction of sp³-hybridized carbons (Fsp3) is 0.148. The zero-order valence-corrected chi connectivity index (χ0v) is 21.4. The van der Waals surface area contributed by atoms with Crippen molar-refractivity contribution in [2.45, 2.75) is 19.9 Å². The summed E-state index contributed by atoms with van der Waals surface area (Å²) < 4.78 is 7.26. The summed E-state index contributed by atoms with van der Waals surface area (Å²) in [6.45, 7) is 4.39. The Morgan fingerprint density at radius 2 is 1.80 bits per heavy atom. The van der Waals surface area contributed by atoms with Crippen LogP contribution in [0, 0.1) is 6.92 Å². The summed E-state index contributed by atoms with van der Waals surface area (Å²) in [6, 6.07) is 19.2. The van der Waals surface area contributed by atoms with Crippen LogP contribution >= 0.6 is 27.3 Å². The molecule has 1 amide bonds. The first kappa shape index (κ1) is 23.3. The first-order valence-electron chi connectivity index (χ1n) is 11.0. The van der Waals surface area contributed by atoms with E-state index in [1.165, 1.54) is 16.2 Å². The molecule has 0 spiro atoms. The van der Waals surface area contributed by atoms with Crippen molar-refractivity contribution in [1.82, 2.24) is 4.98 Å². The molecule has 1 fully saturated rings. The van der Waals surface area contributed by atoms with Gasteiger partial charge in [-0.3, -0.25) is 14.5 Å². The summed E-state index contributed by atoms with van der Waals surface area (Å²) >= 11 is 4.78. The van der Waals surface area contributed by atoms with Gasteiger partial charge in [-0.15, -0.1) is 0 Å². The largest absolute Gasteiger partial charge is 0.507 e. The highest BCUT2D eigenvalue weighted by atomic mass is 79.9. The molecule has 5 rings (SSSR count). The Labute approximate surface area is 214 Å². The average Bonchev–Trinajstić information content (AvgIpc) is 3.37. The molecular formula is C27H21BrN2O4S. The van der Waals surface area contributed by atoms with Crippen molar-refractivity contribution in [3.8, 4) is 5.75 Å². The van der Waals surface area contributed by atoms with E-state index in [4.69, 9.17) is 4.74 Å². The molecule has 1 aliphatic rings. The molecule has 35 heavy (non-hydrogen) atoms. The van der Waals surface area contributed by atoms with E-state index >= 15 is 0 Å². The van der Waals surface area contributed by atoms with Gasteiger partial charge in [0.25, 0.3) is 5.78 Å². The first-order chi connectivity index (χ1) is 16.9. The number of amides is 1. The van der Waals surface area contributed by atoms with E-state index in [1.807, 2.05) is 56.3 Å². The number of hydrogen-bond donors (Lipinski definition) is 1. The lowest BCUT2D eigenvalue weighted by atomic mass is 9.95. The maximum atomic E-state index is 13.4. The summed E-state index contributed by atoms with van der Waals surface area (Å²) in [6.07, 6.45) is 0. The number of benzene rings is 3. The van der Waals surface area contributed by atoms with Gasteiger partial charge in [-0.1, -0.05) is 45.5 Å². The number of halogens is 1. The summed E-state index contributed by atoms with van der Waals surface area (Å²) in [5.74, 6) is -1.06. The molecule has 1 saturated heterocycles. The quantitative estimate of drug-likeness (QED) is 0.177. The molecule has 176 valence electrons. The second-order valence-electron chi connectivity index (χ2n) is 8.15. The number of hydrogen-bond acceptors (Lipinski definition) is 6.